The van der Waals surface area contributed by atoms with Gasteiger partial charge >= 0.3 is 6.03 Å². The number of aliphatic hydroxyl groups excluding tert-OH is 1. The Morgan fingerprint density at radius 1 is 1.28 bits per heavy atom. The van der Waals surface area contributed by atoms with Gasteiger partial charge in [-0.15, -0.1) is 0 Å². The van der Waals surface area contributed by atoms with Crippen molar-refractivity contribution in [2.24, 2.45) is 0 Å². The van der Waals surface area contributed by atoms with Gasteiger partial charge in [-0.25, -0.2) is 4.79 Å². The molecule has 9 heteroatoms. The predicted octanol–water partition coefficient (Wildman–Crippen LogP) is 0.974. The van der Waals surface area contributed by atoms with Crippen molar-refractivity contribution in [3.8, 4) is 5.75 Å². The number of methoxy groups -OCH3 is 1. The molecule has 0 radical (unpaired) electrons. The van der Waals surface area contributed by atoms with E-state index in [0.717, 1.165) is 0 Å². The van der Waals surface area contributed by atoms with Gasteiger partial charge < -0.3 is 34.9 Å². The fourth-order valence-corrected chi connectivity index (χ4v) is 3.62. The normalized spacial score (nSPS) is 24.6. The van der Waals surface area contributed by atoms with Crippen LogP contribution in [0, 0.1) is 0 Å². The molecular formula is C20H29N3O6. The molecule has 0 bridgehead atoms. The summed E-state index contributed by atoms with van der Waals surface area (Å²) in [5, 5.41) is 15.3. The van der Waals surface area contributed by atoms with E-state index in [1.165, 1.54) is 0 Å². The second-order valence-corrected chi connectivity index (χ2v) is 7.19. The molecule has 9 nitrogen and oxygen atoms in total. The van der Waals surface area contributed by atoms with Gasteiger partial charge in [0.2, 0.25) is 5.91 Å². The predicted molar refractivity (Wildman–Crippen MR) is 106 cm³/mol. The highest BCUT2D eigenvalue weighted by molar-refractivity contribution is 5.89. The van der Waals surface area contributed by atoms with Gasteiger partial charge in [0.25, 0.3) is 0 Å². The van der Waals surface area contributed by atoms with Gasteiger partial charge in [0, 0.05) is 24.8 Å². The van der Waals surface area contributed by atoms with Gasteiger partial charge in [-0.3, -0.25) is 4.79 Å². The van der Waals surface area contributed by atoms with Crippen molar-refractivity contribution in [1.29, 1.82) is 0 Å². The third-order valence-electron chi connectivity index (χ3n) is 5.21. The maximum Gasteiger partial charge on any atom is 0.319 e. The van der Waals surface area contributed by atoms with Crippen LogP contribution < -0.4 is 15.4 Å². The zero-order valence-electron chi connectivity index (χ0n) is 16.6. The lowest BCUT2D eigenvalue weighted by Gasteiger charge is -2.37. The summed E-state index contributed by atoms with van der Waals surface area (Å²) in [5.41, 5.74) is 0.605. The van der Waals surface area contributed by atoms with E-state index in [1.807, 2.05) is 0 Å². The van der Waals surface area contributed by atoms with E-state index in [4.69, 9.17) is 14.2 Å². The number of carbonyl (C=O) groups excluding carboxylic acids is 2. The summed E-state index contributed by atoms with van der Waals surface area (Å²) in [5.74, 6) is 0.682. The summed E-state index contributed by atoms with van der Waals surface area (Å²) in [4.78, 5) is 26.5. The van der Waals surface area contributed by atoms with Crippen molar-refractivity contribution in [3.63, 3.8) is 0 Å². The van der Waals surface area contributed by atoms with E-state index >= 15 is 0 Å². The Morgan fingerprint density at radius 3 is 2.79 bits per heavy atom. The van der Waals surface area contributed by atoms with Crippen LogP contribution in [0.5, 0.6) is 5.75 Å². The molecule has 2 saturated heterocycles. The van der Waals surface area contributed by atoms with Crippen LogP contribution in [0.3, 0.4) is 0 Å². The number of hydrogen-bond donors (Lipinski definition) is 3. The first kappa shape index (κ1) is 21.4. The molecule has 2 fully saturated rings. The van der Waals surface area contributed by atoms with E-state index in [2.05, 4.69) is 10.6 Å². The molecule has 2 aliphatic rings. The number of nitrogens with one attached hydrogen (secondary N) is 2. The Morgan fingerprint density at radius 2 is 2.07 bits per heavy atom. The first-order valence-electron chi connectivity index (χ1n) is 9.92. The molecule has 160 valence electrons. The summed E-state index contributed by atoms with van der Waals surface area (Å²) in [6.45, 7) is 2.09. The van der Waals surface area contributed by atoms with Crippen molar-refractivity contribution in [2.75, 3.05) is 45.3 Å². The summed E-state index contributed by atoms with van der Waals surface area (Å²) in [6, 6.07) is 6.33. The SMILES string of the molecule is COc1cccc(NC(=O)N[C@@H]2CC[C@H](CC(=O)N3CCOCC3)O[C@H]2CO)c1. The largest absolute Gasteiger partial charge is 0.497 e. The lowest BCUT2D eigenvalue weighted by atomic mass is 9.97. The molecule has 0 aromatic heterocycles. The van der Waals surface area contributed by atoms with Gasteiger partial charge in [0.1, 0.15) is 11.9 Å². The molecular weight excluding hydrogens is 378 g/mol. The van der Waals surface area contributed by atoms with Crippen molar-refractivity contribution in [2.45, 2.75) is 37.5 Å². The maximum atomic E-state index is 12.4. The number of hydrogen-bond acceptors (Lipinski definition) is 6. The number of aliphatic hydroxyl groups is 1. The van der Waals surface area contributed by atoms with E-state index in [9.17, 15) is 14.7 Å². The van der Waals surface area contributed by atoms with Crippen LogP contribution in [0.25, 0.3) is 0 Å². The van der Waals surface area contributed by atoms with Crippen LogP contribution in [0.1, 0.15) is 19.3 Å². The number of carbonyl (C=O) groups is 2. The number of anilines is 1. The van der Waals surface area contributed by atoms with Crippen molar-refractivity contribution < 1.29 is 28.9 Å². The fraction of sp³-hybridized carbons (Fsp3) is 0.600. The smallest absolute Gasteiger partial charge is 0.319 e. The minimum atomic E-state index is -0.553. The quantitative estimate of drug-likeness (QED) is 0.649. The zero-order valence-corrected chi connectivity index (χ0v) is 16.6. The van der Waals surface area contributed by atoms with Crippen LogP contribution in [0.15, 0.2) is 24.3 Å². The number of rotatable bonds is 6. The average molecular weight is 407 g/mol. The molecule has 0 unspecified atom stereocenters. The molecule has 1 aromatic rings. The molecule has 0 saturated carbocycles. The highest BCUT2D eigenvalue weighted by Gasteiger charge is 2.33. The topological polar surface area (TPSA) is 109 Å². The number of nitrogens with zero attached hydrogens (tertiary/aromatic N) is 1. The summed E-state index contributed by atoms with van der Waals surface area (Å²) < 4.78 is 16.3. The number of urea groups is 1. The standard InChI is InChI=1S/C20H29N3O6/c1-27-15-4-2-3-14(11-15)21-20(26)22-17-6-5-16(29-18(17)13-24)12-19(25)23-7-9-28-10-8-23/h2-4,11,16-18,24H,5-10,12-13H2,1H3,(H2,21,22,26)/t16-,17-,18+/m1/s1. The Bertz CT molecular complexity index is 695. The van der Waals surface area contributed by atoms with Gasteiger partial charge in [0.05, 0.1) is 45.5 Å². The molecule has 2 heterocycles. The molecule has 1 aromatic carbocycles. The molecule has 29 heavy (non-hydrogen) atoms. The van der Waals surface area contributed by atoms with E-state index in [0.29, 0.717) is 50.6 Å². The fourth-order valence-electron chi connectivity index (χ4n) is 3.62. The number of amides is 3. The average Bonchev–Trinajstić information content (AvgIpc) is 2.75. The van der Waals surface area contributed by atoms with E-state index in [-0.39, 0.29) is 37.1 Å². The third-order valence-corrected chi connectivity index (χ3v) is 5.21. The van der Waals surface area contributed by atoms with Crippen molar-refractivity contribution >= 4 is 17.6 Å². The molecule has 3 rings (SSSR count). The monoisotopic (exact) mass is 407 g/mol. The number of ether oxygens (including phenoxy) is 3. The Kier molecular flexibility index (Phi) is 7.68. The lowest BCUT2D eigenvalue weighted by Crippen LogP contribution is -2.52. The number of morpholine rings is 1. The van der Waals surface area contributed by atoms with Gasteiger partial charge in [-0.2, -0.15) is 0 Å². The van der Waals surface area contributed by atoms with Gasteiger partial charge in [-0.1, -0.05) is 6.07 Å². The first-order valence-corrected chi connectivity index (χ1v) is 9.92. The van der Waals surface area contributed by atoms with Crippen LogP contribution in [-0.2, 0) is 14.3 Å². The Labute approximate surface area is 170 Å². The molecule has 2 aliphatic heterocycles. The van der Waals surface area contributed by atoms with Crippen molar-refractivity contribution in [3.05, 3.63) is 24.3 Å². The second-order valence-electron chi connectivity index (χ2n) is 7.19. The summed E-state index contributed by atoms with van der Waals surface area (Å²) in [7, 11) is 1.56. The highest BCUT2D eigenvalue weighted by Crippen LogP contribution is 2.23. The Hall–Kier alpha value is -2.36. The molecule has 3 amide bonds. The third kappa shape index (κ3) is 6.06. The lowest BCUT2D eigenvalue weighted by molar-refractivity contribution is -0.143. The molecule has 3 atom stereocenters. The van der Waals surface area contributed by atoms with Crippen LogP contribution in [0.4, 0.5) is 10.5 Å². The molecule has 0 aliphatic carbocycles. The van der Waals surface area contributed by atoms with Crippen LogP contribution >= 0.6 is 0 Å². The van der Waals surface area contributed by atoms with E-state index in [1.54, 1.807) is 36.3 Å². The molecule has 3 N–H and O–H groups in total. The second kappa shape index (κ2) is 10.4. The minimum Gasteiger partial charge on any atom is -0.497 e. The number of benzene rings is 1. The summed E-state index contributed by atoms with van der Waals surface area (Å²) in [6.07, 6.45) is 0.720. The van der Waals surface area contributed by atoms with E-state index < -0.39 is 6.10 Å². The minimum absolute atomic E-state index is 0.0390. The molecule has 0 spiro atoms. The van der Waals surface area contributed by atoms with Crippen molar-refractivity contribution in [1.82, 2.24) is 10.2 Å². The summed E-state index contributed by atoms with van der Waals surface area (Å²) >= 11 is 0. The van der Waals surface area contributed by atoms with Gasteiger partial charge in [-0.05, 0) is 25.0 Å². The highest BCUT2D eigenvalue weighted by atomic mass is 16.5. The maximum absolute atomic E-state index is 12.4. The van der Waals surface area contributed by atoms with Gasteiger partial charge in [0.15, 0.2) is 0 Å². The van der Waals surface area contributed by atoms with Crippen LogP contribution in [0.2, 0.25) is 0 Å². The zero-order chi connectivity index (χ0) is 20.6. The van der Waals surface area contributed by atoms with Crippen LogP contribution in [-0.4, -0.2) is 80.2 Å². The first-order chi connectivity index (χ1) is 14.1. The Balaban J connectivity index is 1.48.